The summed E-state index contributed by atoms with van der Waals surface area (Å²) < 4.78 is 0. The van der Waals surface area contributed by atoms with Crippen LogP contribution in [0.1, 0.15) is 17.5 Å². The smallest absolute Gasteiger partial charge is 0.272 e. The molecule has 1 aromatic rings. The lowest BCUT2D eigenvalue weighted by molar-refractivity contribution is -0.385. The van der Waals surface area contributed by atoms with E-state index in [0.29, 0.717) is 11.1 Å². The number of hydrogen-bond donors (Lipinski definition) is 0. The second kappa shape index (κ2) is 5.09. The maximum absolute atomic E-state index is 12.5. The van der Waals surface area contributed by atoms with Crippen molar-refractivity contribution in [2.75, 3.05) is 0 Å². The number of aryl methyl sites for hydroxylation is 1. The lowest BCUT2D eigenvalue weighted by atomic mass is 9.85. The number of rotatable bonds is 3. The Labute approximate surface area is 137 Å². The Balaban J connectivity index is 1.59. The Hall–Kier alpha value is -2.83. The molecule has 7 nitrogen and oxygen atoms in total. The fraction of sp³-hybridized carbons (Fsp3) is 0.353. The van der Waals surface area contributed by atoms with Crippen LogP contribution in [0.4, 0.5) is 5.69 Å². The maximum Gasteiger partial charge on any atom is 0.272 e. The summed E-state index contributed by atoms with van der Waals surface area (Å²) in [6.45, 7) is 1.65. The molecule has 1 heterocycles. The predicted molar refractivity (Wildman–Crippen MR) is 85.0 cm³/mol. The lowest BCUT2D eigenvalue weighted by Gasteiger charge is -2.13. The number of carbonyl (C=O) groups is 2. The standard InChI is InChI=1S/C17H15N3O4/c1-9-2-3-10(6-13(9)20(23)24)8-18-19-16(21)14-11-4-5-12(7-11)15(14)17(19)22/h2-6,8,11-12,14-15H,7H2,1H3/b18-8-/t11-,12-,14+,15+/m0/s1. The van der Waals surface area contributed by atoms with Gasteiger partial charge in [0.15, 0.2) is 0 Å². The van der Waals surface area contributed by atoms with Gasteiger partial charge in [0.25, 0.3) is 17.5 Å². The molecule has 1 aromatic carbocycles. The van der Waals surface area contributed by atoms with Crippen LogP contribution >= 0.6 is 0 Å². The van der Waals surface area contributed by atoms with Crippen LogP contribution in [-0.2, 0) is 9.59 Å². The Morgan fingerprint density at radius 2 is 1.83 bits per heavy atom. The first-order valence-corrected chi connectivity index (χ1v) is 7.82. The molecule has 2 amide bonds. The third-order valence-electron chi connectivity index (χ3n) is 5.20. The predicted octanol–water partition coefficient (Wildman–Crippen LogP) is 2.04. The van der Waals surface area contributed by atoms with Crippen molar-refractivity contribution in [3.05, 3.63) is 51.6 Å². The molecule has 0 unspecified atom stereocenters. The molecule has 1 aliphatic heterocycles. The van der Waals surface area contributed by atoms with Crippen LogP contribution in [-0.4, -0.2) is 28.0 Å². The highest BCUT2D eigenvalue weighted by Crippen LogP contribution is 2.52. The number of carbonyl (C=O) groups excluding carboxylic acids is 2. The van der Waals surface area contributed by atoms with E-state index in [1.54, 1.807) is 19.1 Å². The first-order valence-electron chi connectivity index (χ1n) is 7.82. The van der Waals surface area contributed by atoms with Crippen molar-refractivity contribution < 1.29 is 14.5 Å². The first kappa shape index (κ1) is 14.7. The minimum absolute atomic E-state index is 0.0165. The highest BCUT2D eigenvalue weighted by Gasteiger charge is 2.59. The Bertz CT molecular complexity index is 799. The Morgan fingerprint density at radius 3 is 2.42 bits per heavy atom. The van der Waals surface area contributed by atoms with Crippen molar-refractivity contribution >= 4 is 23.7 Å². The maximum atomic E-state index is 12.5. The van der Waals surface area contributed by atoms with Crippen LogP contribution in [0.3, 0.4) is 0 Å². The largest absolute Gasteiger partial charge is 0.272 e. The molecule has 0 aromatic heterocycles. The van der Waals surface area contributed by atoms with Crippen LogP contribution in [0.2, 0.25) is 0 Å². The van der Waals surface area contributed by atoms with Crippen LogP contribution < -0.4 is 0 Å². The van der Waals surface area contributed by atoms with Gasteiger partial charge in [-0.2, -0.15) is 10.1 Å². The molecule has 1 saturated heterocycles. The topological polar surface area (TPSA) is 92.9 Å². The molecule has 1 saturated carbocycles. The second-order valence-electron chi connectivity index (χ2n) is 6.54. The SMILES string of the molecule is Cc1ccc(/C=N\N2C(=O)[C@H]3[C@H](C2=O)[C@H]2C=C[C@H]3C2)cc1[N+](=O)[O-]. The average Bonchev–Trinajstić information content (AvgIpc) is 3.22. The normalized spacial score (nSPS) is 30.6. The van der Waals surface area contributed by atoms with Gasteiger partial charge >= 0.3 is 0 Å². The van der Waals surface area contributed by atoms with Crippen molar-refractivity contribution in [3.8, 4) is 0 Å². The van der Waals surface area contributed by atoms with Crippen LogP contribution in [0.5, 0.6) is 0 Å². The van der Waals surface area contributed by atoms with Gasteiger partial charge in [-0.1, -0.05) is 24.3 Å². The van der Waals surface area contributed by atoms with E-state index in [1.807, 2.05) is 12.2 Å². The summed E-state index contributed by atoms with van der Waals surface area (Å²) in [5.41, 5.74) is 1.01. The lowest BCUT2D eigenvalue weighted by Crippen LogP contribution is -2.28. The van der Waals surface area contributed by atoms with Crippen LogP contribution in [0.25, 0.3) is 0 Å². The number of nitro groups is 1. The van der Waals surface area contributed by atoms with E-state index in [9.17, 15) is 19.7 Å². The number of benzene rings is 1. The van der Waals surface area contributed by atoms with Crippen LogP contribution in [0, 0.1) is 40.7 Å². The van der Waals surface area contributed by atoms with E-state index in [1.165, 1.54) is 12.3 Å². The molecule has 24 heavy (non-hydrogen) atoms. The first-order chi connectivity index (χ1) is 11.5. The van der Waals surface area contributed by atoms with Crippen molar-refractivity contribution in [3.63, 3.8) is 0 Å². The quantitative estimate of drug-likeness (QED) is 0.279. The number of allylic oxidation sites excluding steroid dienone is 2. The molecule has 0 spiro atoms. The summed E-state index contributed by atoms with van der Waals surface area (Å²) in [6, 6.07) is 4.67. The zero-order valence-electron chi connectivity index (χ0n) is 13.0. The van der Waals surface area contributed by atoms with E-state index in [-0.39, 0.29) is 41.2 Å². The van der Waals surface area contributed by atoms with Gasteiger partial charge in [0.1, 0.15) is 0 Å². The molecule has 122 valence electrons. The minimum Gasteiger partial charge on any atom is -0.272 e. The highest BCUT2D eigenvalue weighted by atomic mass is 16.6. The third-order valence-corrected chi connectivity index (χ3v) is 5.20. The molecule has 2 aliphatic carbocycles. The summed E-state index contributed by atoms with van der Waals surface area (Å²) in [4.78, 5) is 35.5. The number of imide groups is 1. The van der Waals surface area contributed by atoms with Crippen molar-refractivity contribution in [1.29, 1.82) is 0 Å². The van der Waals surface area contributed by atoms with Gasteiger partial charge in [0.05, 0.1) is 23.0 Å². The second-order valence-corrected chi connectivity index (χ2v) is 6.54. The fourth-order valence-electron chi connectivity index (χ4n) is 4.03. The van der Waals surface area contributed by atoms with E-state index < -0.39 is 4.92 Å². The van der Waals surface area contributed by atoms with E-state index >= 15 is 0 Å². The van der Waals surface area contributed by atoms with Crippen molar-refractivity contribution in [2.45, 2.75) is 13.3 Å². The number of nitro benzene ring substituents is 1. The summed E-state index contributed by atoms with van der Waals surface area (Å²) in [5, 5.41) is 15.9. The summed E-state index contributed by atoms with van der Waals surface area (Å²) in [7, 11) is 0. The van der Waals surface area contributed by atoms with Gasteiger partial charge in [0.2, 0.25) is 0 Å². The summed E-state index contributed by atoms with van der Waals surface area (Å²) in [5.74, 6) is -0.845. The van der Waals surface area contributed by atoms with Gasteiger partial charge in [0, 0.05) is 17.2 Å². The van der Waals surface area contributed by atoms with Gasteiger partial charge in [-0.15, -0.1) is 0 Å². The van der Waals surface area contributed by atoms with Gasteiger partial charge in [-0.3, -0.25) is 19.7 Å². The number of hydrazone groups is 1. The molecule has 0 N–H and O–H groups in total. The number of fused-ring (bicyclic) bond motifs is 5. The molecule has 2 fully saturated rings. The number of hydrogen-bond acceptors (Lipinski definition) is 5. The number of amides is 2. The van der Waals surface area contributed by atoms with E-state index in [2.05, 4.69) is 5.10 Å². The van der Waals surface area contributed by atoms with E-state index in [4.69, 9.17) is 0 Å². The summed E-state index contributed by atoms with van der Waals surface area (Å²) in [6.07, 6.45) is 6.24. The van der Waals surface area contributed by atoms with Crippen LogP contribution in [0.15, 0.2) is 35.5 Å². The molecule has 0 radical (unpaired) electrons. The third kappa shape index (κ3) is 2.01. The molecular formula is C17H15N3O4. The molecule has 2 bridgehead atoms. The van der Waals surface area contributed by atoms with Gasteiger partial charge in [-0.05, 0) is 25.2 Å². The fourth-order valence-corrected chi connectivity index (χ4v) is 4.03. The Kier molecular flexibility index (Phi) is 3.13. The Morgan fingerprint density at radius 1 is 1.21 bits per heavy atom. The zero-order chi connectivity index (χ0) is 17.0. The monoisotopic (exact) mass is 325 g/mol. The molecule has 4 rings (SSSR count). The van der Waals surface area contributed by atoms with Crippen molar-refractivity contribution in [2.24, 2.45) is 28.8 Å². The van der Waals surface area contributed by atoms with Crippen molar-refractivity contribution in [1.82, 2.24) is 5.01 Å². The highest BCUT2D eigenvalue weighted by molar-refractivity contribution is 6.06. The molecule has 3 aliphatic rings. The number of nitrogens with zero attached hydrogens (tertiary/aromatic N) is 3. The average molecular weight is 325 g/mol. The van der Waals surface area contributed by atoms with Gasteiger partial charge < -0.3 is 0 Å². The van der Waals surface area contributed by atoms with E-state index in [0.717, 1.165) is 11.4 Å². The minimum atomic E-state index is -0.466. The zero-order valence-corrected chi connectivity index (χ0v) is 13.0. The molecule has 7 heteroatoms. The van der Waals surface area contributed by atoms with Gasteiger partial charge in [-0.25, -0.2) is 0 Å². The molecular weight excluding hydrogens is 310 g/mol. The molecule has 4 atom stereocenters. The summed E-state index contributed by atoms with van der Waals surface area (Å²) >= 11 is 0.